The summed E-state index contributed by atoms with van der Waals surface area (Å²) in [6.45, 7) is 0.697. The molecule has 4 nitrogen and oxygen atoms in total. The highest BCUT2D eigenvalue weighted by molar-refractivity contribution is 7.13. The summed E-state index contributed by atoms with van der Waals surface area (Å²) in [5.74, 6) is -7.25. The third kappa shape index (κ3) is 4.50. The Morgan fingerprint density at radius 1 is 0.897 bits per heavy atom. The number of carbonyl (C=O) groups is 1. The van der Waals surface area contributed by atoms with Crippen LogP contribution in [0.4, 0.5) is 17.6 Å². The van der Waals surface area contributed by atoms with Crippen LogP contribution in [-0.4, -0.2) is 16.4 Å². The average Bonchev–Trinajstić information content (AvgIpc) is 3.07. The zero-order valence-corrected chi connectivity index (χ0v) is 16.1. The van der Waals surface area contributed by atoms with E-state index >= 15 is 0 Å². The normalized spacial score (nSPS) is 11.2. The van der Waals surface area contributed by atoms with Crippen molar-refractivity contribution in [2.75, 3.05) is 6.54 Å². The van der Waals surface area contributed by atoms with E-state index in [-0.39, 0.29) is 12.5 Å². The van der Waals surface area contributed by atoms with Crippen molar-refractivity contribution in [1.82, 2.24) is 9.27 Å². The van der Waals surface area contributed by atoms with Crippen molar-refractivity contribution in [3.63, 3.8) is 0 Å². The number of rotatable bonds is 8. The Labute approximate surface area is 167 Å². The maximum Gasteiger partial charge on any atom is 0.271 e. The number of fused-ring (bicyclic) bond motifs is 1. The molecule has 0 atom stereocenters. The first-order valence-corrected chi connectivity index (χ1v) is 9.88. The smallest absolute Gasteiger partial charge is 0.271 e. The molecule has 0 radical (unpaired) electrons. The molecule has 2 aromatic carbocycles. The molecular formula is C20H18F4N2O2S. The van der Waals surface area contributed by atoms with E-state index in [1.165, 1.54) is 0 Å². The van der Waals surface area contributed by atoms with Crippen LogP contribution in [0.2, 0.25) is 0 Å². The highest BCUT2D eigenvalue weighted by Gasteiger charge is 2.25. The van der Waals surface area contributed by atoms with E-state index in [9.17, 15) is 27.2 Å². The predicted molar refractivity (Wildman–Crippen MR) is 103 cm³/mol. The van der Waals surface area contributed by atoms with Gasteiger partial charge in [0.2, 0.25) is 0 Å². The van der Waals surface area contributed by atoms with Crippen LogP contribution in [0.3, 0.4) is 0 Å². The molecule has 1 N–H and O–H groups in total. The Balaban J connectivity index is 1.48. The first-order chi connectivity index (χ1) is 13.9. The summed E-state index contributed by atoms with van der Waals surface area (Å²) in [7, 11) is 0. The minimum absolute atomic E-state index is 0.147. The topological polar surface area (TPSA) is 51.1 Å². The zero-order valence-electron chi connectivity index (χ0n) is 15.3. The minimum Gasteiger partial charge on any atom is -0.352 e. The summed E-state index contributed by atoms with van der Waals surface area (Å²) in [5.41, 5.74) is -0.278. The number of halogens is 4. The van der Waals surface area contributed by atoms with Gasteiger partial charge >= 0.3 is 0 Å². The Hall–Kier alpha value is -2.68. The van der Waals surface area contributed by atoms with E-state index in [4.69, 9.17) is 0 Å². The van der Waals surface area contributed by atoms with Crippen molar-refractivity contribution in [3.8, 4) is 0 Å². The maximum absolute atomic E-state index is 13.8. The number of aromatic nitrogens is 1. The Morgan fingerprint density at radius 2 is 1.55 bits per heavy atom. The first-order valence-electron chi connectivity index (χ1n) is 9.10. The SMILES string of the molecule is O=C(NCCCCCCn1sc2c(F)c(F)c(F)c(F)c2c1=O)c1ccccc1. The fourth-order valence-electron chi connectivity index (χ4n) is 2.94. The second-order valence-corrected chi connectivity index (χ2v) is 7.53. The molecule has 1 amide bonds. The summed E-state index contributed by atoms with van der Waals surface area (Å²) in [6.07, 6.45) is 2.78. The average molecular weight is 426 g/mol. The number of benzene rings is 2. The number of unbranched alkanes of at least 4 members (excludes halogenated alkanes) is 3. The van der Waals surface area contributed by atoms with Crippen LogP contribution in [0.15, 0.2) is 35.1 Å². The lowest BCUT2D eigenvalue weighted by atomic mass is 10.2. The molecule has 154 valence electrons. The van der Waals surface area contributed by atoms with E-state index in [2.05, 4.69) is 5.32 Å². The number of nitrogens with one attached hydrogen (secondary N) is 1. The predicted octanol–water partition coefficient (Wildman–Crippen LogP) is 4.61. The fraction of sp³-hybridized carbons (Fsp3) is 0.300. The Bertz CT molecular complexity index is 1080. The van der Waals surface area contributed by atoms with Gasteiger partial charge in [-0.3, -0.25) is 13.5 Å². The van der Waals surface area contributed by atoms with Gasteiger partial charge < -0.3 is 5.32 Å². The molecule has 0 aliphatic rings. The van der Waals surface area contributed by atoms with Crippen molar-refractivity contribution in [2.24, 2.45) is 0 Å². The van der Waals surface area contributed by atoms with E-state index in [1.54, 1.807) is 24.3 Å². The summed E-state index contributed by atoms with van der Waals surface area (Å²) in [5, 5.41) is 2.06. The summed E-state index contributed by atoms with van der Waals surface area (Å²) >= 11 is 0.583. The third-order valence-corrected chi connectivity index (χ3v) is 5.61. The number of hydrogen-bond donors (Lipinski definition) is 1. The van der Waals surface area contributed by atoms with Crippen molar-refractivity contribution in [1.29, 1.82) is 0 Å². The number of aryl methyl sites for hydroxylation is 1. The minimum atomic E-state index is -1.98. The van der Waals surface area contributed by atoms with Crippen molar-refractivity contribution in [3.05, 3.63) is 69.5 Å². The van der Waals surface area contributed by atoms with Crippen molar-refractivity contribution < 1.29 is 22.4 Å². The molecule has 0 spiro atoms. The van der Waals surface area contributed by atoms with Crippen LogP contribution in [-0.2, 0) is 6.54 Å². The molecule has 1 heterocycles. The lowest BCUT2D eigenvalue weighted by Gasteiger charge is -2.05. The van der Waals surface area contributed by atoms with Crippen molar-refractivity contribution in [2.45, 2.75) is 32.2 Å². The number of carbonyl (C=O) groups excluding carboxylic acids is 1. The van der Waals surface area contributed by atoms with Gasteiger partial charge in [-0.1, -0.05) is 42.6 Å². The van der Waals surface area contributed by atoms with Gasteiger partial charge in [0.15, 0.2) is 23.3 Å². The highest BCUT2D eigenvalue weighted by Crippen LogP contribution is 2.28. The monoisotopic (exact) mass is 426 g/mol. The van der Waals surface area contributed by atoms with Crippen LogP contribution in [0.5, 0.6) is 0 Å². The summed E-state index contributed by atoms with van der Waals surface area (Å²) in [4.78, 5) is 24.1. The van der Waals surface area contributed by atoms with Crippen molar-refractivity contribution >= 4 is 27.5 Å². The number of nitrogens with zero attached hydrogens (tertiary/aromatic N) is 1. The zero-order chi connectivity index (χ0) is 21.0. The molecule has 0 saturated carbocycles. The van der Waals surface area contributed by atoms with E-state index in [1.807, 2.05) is 6.07 Å². The van der Waals surface area contributed by atoms with Gasteiger partial charge in [0.1, 0.15) is 5.39 Å². The van der Waals surface area contributed by atoms with Crippen LogP contribution in [0.1, 0.15) is 36.0 Å². The molecule has 1 aromatic heterocycles. The molecule has 0 unspecified atom stereocenters. The second kappa shape index (κ2) is 9.21. The van der Waals surface area contributed by atoms with E-state index in [0.717, 1.165) is 23.2 Å². The van der Waals surface area contributed by atoms with Gasteiger partial charge in [-0.05, 0) is 25.0 Å². The molecule has 3 rings (SSSR count). The molecule has 0 aliphatic carbocycles. The van der Waals surface area contributed by atoms with E-state index in [0.29, 0.717) is 30.1 Å². The van der Waals surface area contributed by atoms with Gasteiger partial charge in [-0.25, -0.2) is 17.6 Å². The molecule has 0 fully saturated rings. The fourth-order valence-corrected chi connectivity index (χ4v) is 3.99. The highest BCUT2D eigenvalue weighted by atomic mass is 32.1. The maximum atomic E-state index is 13.8. The second-order valence-electron chi connectivity index (χ2n) is 6.49. The largest absolute Gasteiger partial charge is 0.352 e. The molecule has 29 heavy (non-hydrogen) atoms. The lowest BCUT2D eigenvalue weighted by Crippen LogP contribution is -2.24. The van der Waals surface area contributed by atoms with E-state index < -0.39 is 38.9 Å². The first kappa shape index (κ1) is 21.0. The lowest BCUT2D eigenvalue weighted by molar-refractivity contribution is 0.0953. The molecule has 0 saturated heterocycles. The molecule has 9 heteroatoms. The van der Waals surface area contributed by atoms with Crippen LogP contribution < -0.4 is 10.9 Å². The summed E-state index contributed by atoms with van der Waals surface area (Å²) in [6, 6.07) is 8.84. The van der Waals surface area contributed by atoms with Gasteiger partial charge in [0.25, 0.3) is 11.5 Å². The molecule has 0 aliphatic heterocycles. The summed E-state index contributed by atoms with van der Waals surface area (Å²) < 4.78 is 54.8. The van der Waals surface area contributed by atoms with Crippen LogP contribution >= 0.6 is 11.5 Å². The third-order valence-electron chi connectivity index (χ3n) is 4.48. The number of hydrogen-bond acceptors (Lipinski definition) is 3. The van der Waals surface area contributed by atoms with Gasteiger partial charge in [0, 0.05) is 18.7 Å². The van der Waals surface area contributed by atoms with Crippen LogP contribution in [0.25, 0.3) is 10.1 Å². The van der Waals surface area contributed by atoms with Gasteiger partial charge in [0.05, 0.1) is 4.70 Å². The Kier molecular flexibility index (Phi) is 6.68. The molecule has 3 aromatic rings. The van der Waals surface area contributed by atoms with Gasteiger partial charge in [-0.15, -0.1) is 0 Å². The number of amides is 1. The van der Waals surface area contributed by atoms with Gasteiger partial charge in [-0.2, -0.15) is 0 Å². The molecule has 0 bridgehead atoms. The van der Waals surface area contributed by atoms with Crippen LogP contribution in [0, 0.1) is 23.3 Å². The standard InChI is InChI=1S/C20H18F4N2O2S/c21-14-13-18(17(24)16(23)15(14)22)29-26(20(13)28)11-7-2-1-6-10-25-19(27)12-8-4-3-5-9-12/h3-5,8-9H,1-2,6-7,10-11H2,(H,25,27). The molecular weight excluding hydrogens is 408 g/mol. The quantitative estimate of drug-likeness (QED) is 0.248. The Morgan fingerprint density at radius 3 is 2.28 bits per heavy atom.